The van der Waals surface area contributed by atoms with Crippen LogP contribution < -0.4 is 11.5 Å². The van der Waals surface area contributed by atoms with Crippen molar-refractivity contribution in [2.45, 2.75) is 13.1 Å². The van der Waals surface area contributed by atoms with Crippen LogP contribution in [-0.4, -0.2) is 21.6 Å². The van der Waals surface area contributed by atoms with E-state index in [0.717, 1.165) is 22.3 Å². The second-order valence-corrected chi connectivity index (χ2v) is 9.45. The predicted molar refractivity (Wildman–Crippen MR) is 150 cm³/mol. The molecular weight excluding hydrogens is 472 g/mol. The maximum absolute atomic E-state index is 14.2. The van der Waals surface area contributed by atoms with Crippen LogP contribution in [0.1, 0.15) is 22.3 Å². The number of carbonyl (C=O) groups is 2. The van der Waals surface area contributed by atoms with Crippen LogP contribution in [0.3, 0.4) is 0 Å². The molecule has 4 N–H and O–H groups in total. The van der Waals surface area contributed by atoms with Crippen molar-refractivity contribution in [1.29, 1.82) is 0 Å². The third-order valence-corrected chi connectivity index (χ3v) is 6.92. The number of fused-ring (bicyclic) bond motifs is 1. The number of amides is 2. The van der Waals surface area contributed by atoms with Gasteiger partial charge in [-0.25, -0.2) is 0 Å². The fourth-order valence-electron chi connectivity index (χ4n) is 5.11. The van der Waals surface area contributed by atoms with Gasteiger partial charge in [0.05, 0.1) is 35.6 Å². The van der Waals surface area contributed by atoms with Crippen molar-refractivity contribution in [2.75, 3.05) is 11.5 Å². The first kappa shape index (κ1) is 23.3. The Morgan fingerprint density at radius 3 is 1.16 bits per heavy atom. The van der Waals surface area contributed by atoms with Crippen LogP contribution in [0.15, 0.2) is 120 Å². The molecule has 6 heteroatoms. The van der Waals surface area contributed by atoms with Gasteiger partial charge >= 0.3 is 0 Å². The molecule has 0 bridgehead atoms. The Hall–Kier alpha value is -5.10. The summed E-state index contributed by atoms with van der Waals surface area (Å²) in [6, 6.07) is 34.2. The minimum absolute atomic E-state index is 0.202. The van der Waals surface area contributed by atoms with Crippen molar-refractivity contribution in [3.8, 4) is 0 Å². The third kappa shape index (κ3) is 4.02. The van der Waals surface area contributed by atoms with E-state index in [1.807, 2.05) is 84.9 Å². The van der Waals surface area contributed by atoms with Gasteiger partial charge in [0, 0.05) is 11.4 Å². The zero-order valence-electron chi connectivity index (χ0n) is 20.7. The van der Waals surface area contributed by atoms with Gasteiger partial charge in [-0.2, -0.15) is 0 Å². The molecule has 4 aromatic rings. The Morgan fingerprint density at radius 2 is 0.816 bits per heavy atom. The first-order valence-corrected chi connectivity index (χ1v) is 12.4. The highest BCUT2D eigenvalue weighted by Crippen LogP contribution is 2.47. The van der Waals surface area contributed by atoms with Crippen molar-refractivity contribution in [3.63, 3.8) is 0 Å². The standard InChI is InChI=1S/C32H26N4O2/c33-25-15-11-23(12-16-25)29-27-28(31(37)35(29)19-21-7-3-1-4-8-21)30(24-13-17-26(34)18-14-24)36(32(27)38)20-22-9-5-2-6-10-22/h1-18H,19-20,33-34H2. The molecule has 0 fully saturated rings. The Morgan fingerprint density at radius 1 is 0.474 bits per heavy atom. The summed E-state index contributed by atoms with van der Waals surface area (Å²) in [6.07, 6.45) is 0. The zero-order valence-corrected chi connectivity index (χ0v) is 20.7. The summed E-state index contributed by atoms with van der Waals surface area (Å²) in [4.78, 5) is 31.9. The topological polar surface area (TPSA) is 92.7 Å². The highest BCUT2D eigenvalue weighted by Gasteiger charge is 2.48. The van der Waals surface area contributed by atoms with Gasteiger partial charge in [-0.1, -0.05) is 84.9 Å². The van der Waals surface area contributed by atoms with Crippen LogP contribution >= 0.6 is 0 Å². The van der Waals surface area contributed by atoms with Gasteiger partial charge in [-0.05, 0) is 46.5 Å². The lowest BCUT2D eigenvalue weighted by atomic mass is 10.0. The number of hydrogen-bond donors (Lipinski definition) is 2. The summed E-state index contributed by atoms with van der Waals surface area (Å²) in [5.41, 5.74) is 18.7. The maximum atomic E-state index is 14.2. The molecule has 0 radical (unpaired) electrons. The van der Waals surface area contributed by atoms with E-state index in [1.54, 1.807) is 34.1 Å². The molecule has 6 rings (SSSR count). The van der Waals surface area contributed by atoms with E-state index in [9.17, 15) is 9.59 Å². The Bertz CT molecular complexity index is 1470. The maximum Gasteiger partial charge on any atom is 0.261 e. The molecule has 38 heavy (non-hydrogen) atoms. The average molecular weight is 499 g/mol. The molecule has 0 saturated heterocycles. The summed E-state index contributed by atoms with van der Waals surface area (Å²) in [5, 5.41) is 0. The second-order valence-electron chi connectivity index (χ2n) is 9.45. The SMILES string of the molecule is Nc1ccc(C2=C3C(=O)N(Cc4ccccc4)C(c4ccc(N)cc4)=C3C(=O)N2Cc2ccccc2)cc1. The molecule has 6 nitrogen and oxygen atoms in total. The molecule has 0 unspecified atom stereocenters. The Labute approximate surface area is 221 Å². The van der Waals surface area contributed by atoms with Crippen LogP contribution in [0.25, 0.3) is 11.4 Å². The average Bonchev–Trinajstić information content (AvgIpc) is 3.37. The predicted octanol–water partition coefficient (Wildman–Crippen LogP) is 5.06. The Kier molecular flexibility index (Phi) is 5.77. The molecule has 0 saturated carbocycles. The summed E-state index contributed by atoms with van der Waals surface area (Å²) >= 11 is 0. The monoisotopic (exact) mass is 498 g/mol. The molecule has 2 aliphatic rings. The molecular formula is C32H26N4O2. The minimum atomic E-state index is -0.202. The van der Waals surface area contributed by atoms with Gasteiger partial charge in [0.25, 0.3) is 11.8 Å². The number of anilines is 2. The van der Waals surface area contributed by atoms with Crippen molar-refractivity contribution in [3.05, 3.63) is 143 Å². The van der Waals surface area contributed by atoms with Crippen molar-refractivity contribution in [2.24, 2.45) is 0 Å². The van der Waals surface area contributed by atoms with Gasteiger partial charge in [0.2, 0.25) is 0 Å². The number of nitrogens with two attached hydrogens (primary N) is 2. The lowest BCUT2D eigenvalue weighted by Gasteiger charge is -2.25. The molecule has 2 amide bonds. The zero-order chi connectivity index (χ0) is 26.2. The number of hydrogen-bond acceptors (Lipinski definition) is 4. The number of rotatable bonds is 6. The quantitative estimate of drug-likeness (QED) is 0.364. The van der Waals surface area contributed by atoms with E-state index >= 15 is 0 Å². The van der Waals surface area contributed by atoms with Crippen LogP contribution in [0.4, 0.5) is 11.4 Å². The molecule has 0 atom stereocenters. The van der Waals surface area contributed by atoms with E-state index in [-0.39, 0.29) is 11.8 Å². The van der Waals surface area contributed by atoms with Crippen molar-refractivity contribution < 1.29 is 9.59 Å². The van der Waals surface area contributed by atoms with Gasteiger partial charge in [0.15, 0.2) is 0 Å². The minimum Gasteiger partial charge on any atom is -0.399 e. The van der Waals surface area contributed by atoms with E-state index < -0.39 is 0 Å². The lowest BCUT2D eigenvalue weighted by Crippen LogP contribution is -2.29. The first-order chi connectivity index (χ1) is 18.5. The van der Waals surface area contributed by atoms with Gasteiger partial charge in [-0.15, -0.1) is 0 Å². The Balaban J connectivity index is 1.57. The second kappa shape index (κ2) is 9.41. The molecule has 2 aliphatic heterocycles. The van der Waals surface area contributed by atoms with Crippen LogP contribution in [0, 0.1) is 0 Å². The van der Waals surface area contributed by atoms with E-state index in [4.69, 9.17) is 11.5 Å². The van der Waals surface area contributed by atoms with Gasteiger partial charge in [-0.3, -0.25) is 9.59 Å². The van der Waals surface area contributed by atoms with Crippen molar-refractivity contribution >= 4 is 34.6 Å². The van der Waals surface area contributed by atoms with Crippen LogP contribution in [-0.2, 0) is 22.7 Å². The molecule has 0 aromatic heterocycles. The highest BCUT2D eigenvalue weighted by atomic mass is 16.2. The van der Waals surface area contributed by atoms with E-state index in [0.29, 0.717) is 47.0 Å². The van der Waals surface area contributed by atoms with Crippen LogP contribution in [0.2, 0.25) is 0 Å². The smallest absolute Gasteiger partial charge is 0.261 e. The molecule has 186 valence electrons. The highest BCUT2D eigenvalue weighted by molar-refractivity contribution is 6.30. The lowest BCUT2D eigenvalue weighted by molar-refractivity contribution is -0.124. The van der Waals surface area contributed by atoms with E-state index in [2.05, 4.69) is 0 Å². The number of nitrogen functional groups attached to an aromatic ring is 2. The van der Waals surface area contributed by atoms with Gasteiger partial charge < -0.3 is 21.3 Å². The molecule has 2 heterocycles. The van der Waals surface area contributed by atoms with Crippen LogP contribution in [0.5, 0.6) is 0 Å². The largest absolute Gasteiger partial charge is 0.399 e. The summed E-state index contributed by atoms with van der Waals surface area (Å²) in [7, 11) is 0. The normalized spacial score (nSPS) is 15.1. The van der Waals surface area contributed by atoms with E-state index in [1.165, 1.54) is 0 Å². The summed E-state index contributed by atoms with van der Waals surface area (Å²) in [6.45, 7) is 0.681. The molecule has 0 aliphatic carbocycles. The number of benzene rings is 4. The van der Waals surface area contributed by atoms with Gasteiger partial charge in [0.1, 0.15) is 0 Å². The fraction of sp³-hybridized carbons (Fsp3) is 0.0625. The third-order valence-electron chi connectivity index (χ3n) is 6.92. The fourth-order valence-corrected chi connectivity index (χ4v) is 5.11. The first-order valence-electron chi connectivity index (χ1n) is 12.4. The molecule has 4 aromatic carbocycles. The summed E-state index contributed by atoms with van der Waals surface area (Å²) < 4.78 is 0. The summed E-state index contributed by atoms with van der Waals surface area (Å²) in [5.74, 6) is -0.405. The molecule has 0 spiro atoms. The number of nitrogens with zero attached hydrogens (tertiary/aromatic N) is 2. The number of carbonyl (C=O) groups excluding carboxylic acids is 2. The van der Waals surface area contributed by atoms with Crippen molar-refractivity contribution in [1.82, 2.24) is 9.80 Å².